The Labute approximate surface area is 152 Å². The van der Waals surface area contributed by atoms with Crippen molar-refractivity contribution < 1.29 is 20.4 Å². The molecule has 0 radical (unpaired) electrons. The Morgan fingerprint density at radius 1 is 0.692 bits per heavy atom. The highest BCUT2D eigenvalue weighted by molar-refractivity contribution is 5.83. The normalized spacial score (nSPS) is 21.3. The third kappa shape index (κ3) is 2.46. The molecule has 2 aromatic carbocycles. The van der Waals surface area contributed by atoms with E-state index in [1.807, 2.05) is 38.0 Å². The van der Waals surface area contributed by atoms with E-state index in [1.165, 1.54) is 0 Å². The topological polar surface area (TPSA) is 87.4 Å². The minimum absolute atomic E-state index is 0.0954. The van der Waals surface area contributed by atoms with E-state index in [-0.39, 0.29) is 11.1 Å². The summed E-state index contributed by atoms with van der Waals surface area (Å²) < 4.78 is 0. The number of aliphatic hydroxyl groups is 4. The van der Waals surface area contributed by atoms with Crippen LogP contribution in [0.15, 0.2) is 54.3 Å². The fourth-order valence-corrected chi connectivity index (χ4v) is 3.23. The van der Waals surface area contributed by atoms with Gasteiger partial charge in [0.2, 0.25) is 11.4 Å². The van der Waals surface area contributed by atoms with Crippen LogP contribution in [-0.4, -0.2) is 54.4 Å². The maximum Gasteiger partial charge on any atom is 0.235 e. The van der Waals surface area contributed by atoms with E-state index >= 15 is 0 Å². The monoisotopic (exact) mass is 356 g/mol. The van der Waals surface area contributed by atoms with E-state index in [2.05, 4.69) is 0 Å². The van der Waals surface area contributed by atoms with Crippen LogP contribution in [0, 0.1) is 0 Å². The maximum absolute atomic E-state index is 10.9. The summed E-state index contributed by atoms with van der Waals surface area (Å²) in [6, 6.07) is 13.6. The van der Waals surface area contributed by atoms with Crippen LogP contribution >= 0.6 is 0 Å². The minimum atomic E-state index is -2.60. The van der Waals surface area contributed by atoms with E-state index in [4.69, 9.17) is 0 Å². The fourth-order valence-electron chi connectivity index (χ4n) is 3.23. The first-order chi connectivity index (χ1) is 12.1. The number of aliphatic hydroxyl groups excluding tert-OH is 1. The zero-order valence-corrected chi connectivity index (χ0v) is 15.3. The first-order valence-electron chi connectivity index (χ1n) is 8.27. The van der Waals surface area contributed by atoms with Crippen molar-refractivity contribution in [2.75, 3.05) is 38.0 Å². The molecule has 0 saturated heterocycles. The summed E-state index contributed by atoms with van der Waals surface area (Å²) >= 11 is 0. The lowest BCUT2D eigenvalue weighted by Gasteiger charge is -2.49. The molecule has 1 aliphatic rings. The van der Waals surface area contributed by atoms with Gasteiger partial charge in [0.1, 0.15) is 5.76 Å². The second-order valence-corrected chi connectivity index (χ2v) is 6.99. The van der Waals surface area contributed by atoms with Crippen molar-refractivity contribution in [1.82, 2.24) is 0 Å². The molecule has 0 saturated carbocycles. The lowest BCUT2D eigenvalue weighted by atomic mass is 9.66. The van der Waals surface area contributed by atoms with Crippen LogP contribution in [-0.2, 0) is 5.60 Å². The molecule has 2 aromatic rings. The number of benzene rings is 2. The molecule has 0 heterocycles. The predicted octanol–water partition coefficient (Wildman–Crippen LogP) is 1.67. The molecule has 4 N–H and O–H groups in total. The van der Waals surface area contributed by atoms with Gasteiger partial charge in [0.05, 0.1) is 5.57 Å². The van der Waals surface area contributed by atoms with Gasteiger partial charge in [0, 0.05) is 39.6 Å². The first-order valence-corrected chi connectivity index (χ1v) is 8.27. The molecular weight excluding hydrogens is 332 g/mol. The zero-order valence-electron chi connectivity index (χ0n) is 15.3. The first kappa shape index (κ1) is 18.3. The smallest absolute Gasteiger partial charge is 0.235 e. The Hall–Kier alpha value is -2.54. The summed E-state index contributed by atoms with van der Waals surface area (Å²) in [6.45, 7) is 0. The van der Waals surface area contributed by atoms with E-state index < -0.39 is 17.1 Å². The van der Waals surface area contributed by atoms with Crippen LogP contribution in [0.3, 0.4) is 0 Å². The van der Waals surface area contributed by atoms with Crippen LogP contribution in [0.4, 0.5) is 11.4 Å². The molecule has 3 rings (SSSR count). The molecule has 0 spiro atoms. The number of nitrogens with zero attached hydrogens (tertiary/aromatic N) is 2. The van der Waals surface area contributed by atoms with E-state index in [0.717, 1.165) is 11.4 Å². The van der Waals surface area contributed by atoms with Gasteiger partial charge in [-0.1, -0.05) is 24.3 Å². The van der Waals surface area contributed by atoms with Gasteiger partial charge < -0.3 is 30.2 Å². The van der Waals surface area contributed by atoms with E-state index in [9.17, 15) is 20.4 Å². The van der Waals surface area contributed by atoms with Gasteiger partial charge in [0.15, 0.2) is 0 Å². The molecule has 26 heavy (non-hydrogen) atoms. The van der Waals surface area contributed by atoms with Crippen LogP contribution in [0.25, 0.3) is 5.57 Å². The molecule has 0 bridgehead atoms. The molecular formula is C20H24N2O4. The lowest BCUT2D eigenvalue weighted by Crippen LogP contribution is -2.62. The molecule has 0 amide bonds. The highest BCUT2D eigenvalue weighted by Crippen LogP contribution is 2.55. The van der Waals surface area contributed by atoms with Crippen molar-refractivity contribution in [2.45, 2.75) is 11.4 Å². The number of anilines is 2. The molecule has 1 unspecified atom stereocenters. The molecule has 6 nitrogen and oxygen atoms in total. The summed E-state index contributed by atoms with van der Waals surface area (Å²) in [5.41, 5.74) is 0.104. The average molecular weight is 356 g/mol. The van der Waals surface area contributed by atoms with Gasteiger partial charge in [-0.25, -0.2) is 0 Å². The highest BCUT2D eigenvalue weighted by atomic mass is 16.5. The summed E-state index contributed by atoms with van der Waals surface area (Å²) in [5, 5.41) is 42.6. The zero-order chi connectivity index (χ0) is 19.3. The molecule has 6 heteroatoms. The number of hydrogen-bond acceptors (Lipinski definition) is 6. The van der Waals surface area contributed by atoms with Crippen molar-refractivity contribution in [2.24, 2.45) is 0 Å². The van der Waals surface area contributed by atoms with Crippen LogP contribution in [0.2, 0.25) is 0 Å². The van der Waals surface area contributed by atoms with Crippen molar-refractivity contribution in [3.8, 4) is 0 Å². The fraction of sp³-hybridized carbons (Fsp3) is 0.300. The quantitative estimate of drug-likeness (QED) is 0.624. The summed E-state index contributed by atoms with van der Waals surface area (Å²) in [4.78, 5) is 3.79. The van der Waals surface area contributed by atoms with Gasteiger partial charge in [-0.15, -0.1) is 0 Å². The SMILES string of the molecule is CN(C)c1ccc(C2=C(O)C(O)(c3ccc(N(C)C)cc3)C2(O)O)cc1. The highest BCUT2D eigenvalue weighted by Gasteiger charge is 2.66. The maximum atomic E-state index is 10.9. The van der Waals surface area contributed by atoms with E-state index in [1.54, 1.807) is 48.5 Å². The Bertz CT molecular complexity index is 839. The molecule has 1 aliphatic carbocycles. The largest absolute Gasteiger partial charge is 0.508 e. The summed E-state index contributed by atoms with van der Waals surface area (Å²) in [6.07, 6.45) is 0. The van der Waals surface area contributed by atoms with E-state index in [0.29, 0.717) is 5.56 Å². The molecule has 0 aromatic heterocycles. The summed E-state index contributed by atoms with van der Waals surface area (Å²) in [7, 11) is 7.55. The van der Waals surface area contributed by atoms with Crippen LogP contribution < -0.4 is 9.80 Å². The lowest BCUT2D eigenvalue weighted by molar-refractivity contribution is -0.258. The molecule has 0 aliphatic heterocycles. The van der Waals surface area contributed by atoms with Gasteiger partial charge >= 0.3 is 0 Å². The van der Waals surface area contributed by atoms with Gasteiger partial charge in [0.25, 0.3) is 0 Å². The average Bonchev–Trinajstić information content (AvgIpc) is 2.61. The van der Waals surface area contributed by atoms with Crippen molar-refractivity contribution >= 4 is 16.9 Å². The van der Waals surface area contributed by atoms with Crippen molar-refractivity contribution in [3.63, 3.8) is 0 Å². The molecule has 138 valence electrons. The van der Waals surface area contributed by atoms with Crippen molar-refractivity contribution in [1.29, 1.82) is 0 Å². The van der Waals surface area contributed by atoms with Gasteiger partial charge in [-0.2, -0.15) is 0 Å². The standard InChI is InChI=1S/C20H24N2O4/c1-21(2)15-9-5-13(6-10-15)17-18(23)19(24,20(17,25)26)14-7-11-16(12-8-14)22(3)4/h5-12,23-26H,1-4H3. The van der Waals surface area contributed by atoms with Gasteiger partial charge in [-0.3, -0.25) is 0 Å². The number of hydrogen-bond donors (Lipinski definition) is 4. The Balaban J connectivity index is 2.02. The van der Waals surface area contributed by atoms with Crippen LogP contribution in [0.1, 0.15) is 11.1 Å². The predicted molar refractivity (Wildman–Crippen MR) is 102 cm³/mol. The Kier molecular flexibility index (Phi) is 4.23. The molecule has 0 fully saturated rings. The second-order valence-electron chi connectivity index (χ2n) is 6.99. The number of rotatable bonds is 4. The Morgan fingerprint density at radius 2 is 1.12 bits per heavy atom. The second kappa shape index (κ2) is 6.02. The van der Waals surface area contributed by atoms with Crippen LogP contribution in [0.5, 0.6) is 0 Å². The summed E-state index contributed by atoms with van der Waals surface area (Å²) in [5.74, 6) is -3.06. The third-order valence-electron chi connectivity index (χ3n) is 4.91. The minimum Gasteiger partial charge on any atom is -0.508 e. The third-order valence-corrected chi connectivity index (χ3v) is 4.91. The Morgan fingerprint density at radius 3 is 1.50 bits per heavy atom. The van der Waals surface area contributed by atoms with Crippen molar-refractivity contribution in [3.05, 3.63) is 65.4 Å². The molecule has 1 atom stereocenters. The van der Waals surface area contributed by atoms with Gasteiger partial charge in [-0.05, 0) is 35.4 Å².